The van der Waals surface area contributed by atoms with Crippen LogP contribution in [0.3, 0.4) is 0 Å². The van der Waals surface area contributed by atoms with Gasteiger partial charge in [0.25, 0.3) is 0 Å². The largest absolute Gasteiger partial charge is 0.497 e. The van der Waals surface area contributed by atoms with Crippen LogP contribution >= 0.6 is 11.8 Å². The van der Waals surface area contributed by atoms with Crippen molar-refractivity contribution >= 4 is 23.4 Å². The van der Waals surface area contributed by atoms with Crippen molar-refractivity contribution in [1.29, 1.82) is 0 Å². The SMILES string of the molecule is COc1ccc(-n2c(SCC(=O)Nc3ccccc3OC)nnc2-c2ccccc2F)cc1. The molecule has 7 nitrogen and oxygen atoms in total. The van der Waals surface area contributed by atoms with Crippen molar-refractivity contribution in [3.8, 4) is 28.6 Å². The van der Waals surface area contributed by atoms with E-state index in [-0.39, 0.29) is 11.7 Å². The lowest BCUT2D eigenvalue weighted by atomic mass is 10.2. The average Bonchev–Trinajstić information content (AvgIpc) is 3.27. The summed E-state index contributed by atoms with van der Waals surface area (Å²) in [6, 6.07) is 20.8. The number of nitrogens with zero attached hydrogens (tertiary/aromatic N) is 3. The fourth-order valence-corrected chi connectivity index (χ4v) is 3.96. The Balaban J connectivity index is 1.62. The number of aromatic nitrogens is 3. The number of carbonyl (C=O) groups is 1. The molecule has 168 valence electrons. The molecule has 0 saturated carbocycles. The normalized spacial score (nSPS) is 10.6. The van der Waals surface area contributed by atoms with Gasteiger partial charge in [0, 0.05) is 0 Å². The second-order valence-electron chi connectivity index (χ2n) is 6.86. The van der Waals surface area contributed by atoms with Crippen LogP contribution in [-0.4, -0.2) is 40.6 Å². The first kappa shape index (κ1) is 22.3. The first-order valence-electron chi connectivity index (χ1n) is 10.0. The third-order valence-corrected chi connectivity index (χ3v) is 5.72. The van der Waals surface area contributed by atoms with Gasteiger partial charge in [-0.15, -0.1) is 10.2 Å². The molecule has 0 aliphatic heterocycles. The monoisotopic (exact) mass is 464 g/mol. The third-order valence-electron chi connectivity index (χ3n) is 4.79. The van der Waals surface area contributed by atoms with Gasteiger partial charge in [-0.2, -0.15) is 0 Å². The predicted molar refractivity (Wildman–Crippen MR) is 126 cm³/mol. The first-order chi connectivity index (χ1) is 16.1. The fourth-order valence-electron chi connectivity index (χ4n) is 3.21. The van der Waals surface area contributed by atoms with Crippen molar-refractivity contribution in [2.75, 3.05) is 25.3 Å². The van der Waals surface area contributed by atoms with E-state index in [1.807, 2.05) is 24.3 Å². The number of thioether (sulfide) groups is 1. The molecule has 0 aliphatic rings. The van der Waals surface area contributed by atoms with E-state index in [4.69, 9.17) is 9.47 Å². The Bertz CT molecular complexity index is 1260. The molecular formula is C24H21FN4O3S. The van der Waals surface area contributed by atoms with Crippen LogP contribution in [0.1, 0.15) is 0 Å². The lowest BCUT2D eigenvalue weighted by Gasteiger charge is -2.12. The molecule has 0 spiro atoms. The summed E-state index contributed by atoms with van der Waals surface area (Å²) in [7, 11) is 3.13. The fraction of sp³-hybridized carbons (Fsp3) is 0.125. The Morgan fingerprint density at radius 3 is 2.42 bits per heavy atom. The number of para-hydroxylation sites is 2. The minimum absolute atomic E-state index is 0.0730. The molecule has 1 amide bonds. The van der Waals surface area contributed by atoms with Crippen LogP contribution in [-0.2, 0) is 4.79 Å². The zero-order chi connectivity index (χ0) is 23.2. The van der Waals surface area contributed by atoms with Gasteiger partial charge in [0.2, 0.25) is 5.91 Å². The molecule has 0 unspecified atom stereocenters. The van der Waals surface area contributed by atoms with Crippen LogP contribution in [0.25, 0.3) is 17.1 Å². The molecule has 1 aromatic heterocycles. The van der Waals surface area contributed by atoms with Gasteiger partial charge in [0.15, 0.2) is 11.0 Å². The summed E-state index contributed by atoms with van der Waals surface area (Å²) in [6.07, 6.45) is 0. The summed E-state index contributed by atoms with van der Waals surface area (Å²) >= 11 is 1.20. The van der Waals surface area contributed by atoms with Crippen molar-refractivity contribution in [1.82, 2.24) is 14.8 Å². The lowest BCUT2D eigenvalue weighted by Crippen LogP contribution is -2.15. The molecule has 0 saturated heterocycles. The van der Waals surface area contributed by atoms with E-state index in [1.54, 1.807) is 61.3 Å². The van der Waals surface area contributed by atoms with Gasteiger partial charge >= 0.3 is 0 Å². The smallest absolute Gasteiger partial charge is 0.234 e. The van der Waals surface area contributed by atoms with E-state index in [0.717, 1.165) is 0 Å². The molecule has 1 N–H and O–H groups in total. The Labute approximate surface area is 194 Å². The Kier molecular flexibility index (Phi) is 6.89. The van der Waals surface area contributed by atoms with Gasteiger partial charge in [-0.05, 0) is 48.5 Å². The molecule has 33 heavy (non-hydrogen) atoms. The van der Waals surface area contributed by atoms with E-state index in [0.29, 0.717) is 39.4 Å². The van der Waals surface area contributed by atoms with Crippen LogP contribution < -0.4 is 14.8 Å². The van der Waals surface area contributed by atoms with Crippen molar-refractivity contribution in [3.63, 3.8) is 0 Å². The molecule has 4 aromatic rings. The van der Waals surface area contributed by atoms with Crippen molar-refractivity contribution in [3.05, 3.63) is 78.6 Å². The van der Waals surface area contributed by atoms with Gasteiger partial charge in [-0.25, -0.2) is 4.39 Å². The minimum Gasteiger partial charge on any atom is -0.497 e. The molecule has 0 fully saturated rings. The van der Waals surface area contributed by atoms with Gasteiger partial charge in [-0.1, -0.05) is 36.0 Å². The van der Waals surface area contributed by atoms with E-state index in [1.165, 1.54) is 17.8 Å². The molecule has 0 atom stereocenters. The van der Waals surface area contributed by atoms with Gasteiger partial charge in [0.1, 0.15) is 17.3 Å². The summed E-state index contributed by atoms with van der Waals surface area (Å²) in [6.45, 7) is 0. The van der Waals surface area contributed by atoms with Crippen LogP contribution in [0.15, 0.2) is 78.0 Å². The molecule has 0 aliphatic carbocycles. The highest BCUT2D eigenvalue weighted by Gasteiger charge is 2.20. The lowest BCUT2D eigenvalue weighted by molar-refractivity contribution is -0.113. The highest BCUT2D eigenvalue weighted by molar-refractivity contribution is 7.99. The first-order valence-corrected chi connectivity index (χ1v) is 11.0. The summed E-state index contributed by atoms with van der Waals surface area (Å²) in [4.78, 5) is 12.6. The number of hydrogen-bond donors (Lipinski definition) is 1. The zero-order valence-electron chi connectivity index (χ0n) is 18.0. The van der Waals surface area contributed by atoms with Gasteiger partial charge in [0.05, 0.1) is 36.9 Å². The van der Waals surface area contributed by atoms with Crippen molar-refractivity contribution in [2.45, 2.75) is 5.16 Å². The quantitative estimate of drug-likeness (QED) is 0.377. The number of benzene rings is 3. The maximum Gasteiger partial charge on any atom is 0.234 e. The number of rotatable bonds is 8. The molecule has 9 heteroatoms. The summed E-state index contributed by atoms with van der Waals surface area (Å²) in [5.74, 6) is 1.02. The minimum atomic E-state index is -0.412. The van der Waals surface area contributed by atoms with Crippen LogP contribution in [0.2, 0.25) is 0 Å². The van der Waals surface area contributed by atoms with E-state index in [2.05, 4.69) is 15.5 Å². The zero-order valence-corrected chi connectivity index (χ0v) is 18.8. The Hall–Kier alpha value is -3.85. The molecule has 0 radical (unpaired) electrons. The summed E-state index contributed by atoms with van der Waals surface area (Å²) in [5, 5.41) is 11.8. The van der Waals surface area contributed by atoms with Crippen LogP contribution in [0.4, 0.5) is 10.1 Å². The second-order valence-corrected chi connectivity index (χ2v) is 7.80. The number of nitrogens with one attached hydrogen (secondary N) is 1. The number of amides is 1. The van der Waals surface area contributed by atoms with Crippen LogP contribution in [0, 0.1) is 5.82 Å². The molecule has 4 rings (SSSR count). The van der Waals surface area contributed by atoms with E-state index >= 15 is 0 Å². The number of ether oxygens (including phenoxy) is 2. The van der Waals surface area contributed by atoms with E-state index in [9.17, 15) is 9.18 Å². The number of methoxy groups -OCH3 is 2. The highest BCUT2D eigenvalue weighted by Crippen LogP contribution is 2.30. The number of carbonyl (C=O) groups excluding carboxylic acids is 1. The summed E-state index contributed by atoms with van der Waals surface area (Å²) < 4.78 is 26.8. The van der Waals surface area contributed by atoms with Gasteiger partial charge in [-0.3, -0.25) is 9.36 Å². The standard InChI is InChI=1S/C24H21FN4O3S/c1-31-17-13-11-16(12-14-17)29-23(18-7-3-4-8-19(18)25)27-28-24(29)33-15-22(30)26-20-9-5-6-10-21(20)32-2/h3-14H,15H2,1-2H3,(H,26,30). The average molecular weight is 465 g/mol. The molecule has 3 aromatic carbocycles. The number of anilines is 1. The Morgan fingerprint density at radius 1 is 0.970 bits per heavy atom. The highest BCUT2D eigenvalue weighted by atomic mass is 32.2. The Morgan fingerprint density at radius 2 is 1.70 bits per heavy atom. The number of hydrogen-bond acceptors (Lipinski definition) is 6. The number of halogens is 1. The maximum absolute atomic E-state index is 14.5. The van der Waals surface area contributed by atoms with Gasteiger partial charge < -0.3 is 14.8 Å². The van der Waals surface area contributed by atoms with E-state index < -0.39 is 5.82 Å². The topological polar surface area (TPSA) is 78.3 Å². The molecule has 1 heterocycles. The van der Waals surface area contributed by atoms with Crippen molar-refractivity contribution in [2.24, 2.45) is 0 Å². The maximum atomic E-state index is 14.5. The second kappa shape index (κ2) is 10.2. The molecular weight excluding hydrogens is 443 g/mol. The van der Waals surface area contributed by atoms with Crippen molar-refractivity contribution < 1.29 is 18.7 Å². The summed E-state index contributed by atoms with van der Waals surface area (Å²) in [5.41, 5.74) is 1.60. The van der Waals surface area contributed by atoms with Crippen LogP contribution in [0.5, 0.6) is 11.5 Å². The predicted octanol–water partition coefficient (Wildman–Crippen LogP) is 4.82. The molecule has 0 bridgehead atoms. The third kappa shape index (κ3) is 4.98.